The fourth-order valence-corrected chi connectivity index (χ4v) is 1.65. The summed E-state index contributed by atoms with van der Waals surface area (Å²) in [7, 11) is 0. The van der Waals surface area contributed by atoms with Crippen molar-refractivity contribution in [2.24, 2.45) is 0 Å². The smallest absolute Gasteiger partial charge is 0.407 e. The van der Waals surface area contributed by atoms with Gasteiger partial charge in [-0.1, -0.05) is 23.8 Å². The molecule has 0 saturated carbocycles. The Balaban J connectivity index is 2.10. The van der Waals surface area contributed by atoms with E-state index in [0.29, 0.717) is 6.54 Å². The average molecular weight is 237 g/mol. The van der Waals surface area contributed by atoms with Gasteiger partial charge in [-0.25, -0.2) is 4.79 Å². The minimum atomic E-state index is -0.418. The molecule has 1 N–H and O–H groups in total. The van der Waals surface area contributed by atoms with Crippen molar-refractivity contribution >= 4 is 6.09 Å². The van der Waals surface area contributed by atoms with Gasteiger partial charge in [0.2, 0.25) is 0 Å². The van der Waals surface area contributed by atoms with Crippen molar-refractivity contribution in [3.05, 3.63) is 23.8 Å². The molecule has 3 heteroatoms. The van der Waals surface area contributed by atoms with Crippen LogP contribution in [0.2, 0.25) is 0 Å². The van der Waals surface area contributed by atoms with Crippen LogP contribution in [0.4, 0.5) is 4.79 Å². The van der Waals surface area contributed by atoms with E-state index in [9.17, 15) is 4.79 Å². The maximum absolute atomic E-state index is 11.3. The minimum absolute atomic E-state index is 0.328. The number of allylic oxidation sites excluding steroid dienone is 4. The van der Waals surface area contributed by atoms with Crippen LogP contribution in [0.15, 0.2) is 23.8 Å². The first-order chi connectivity index (χ1) is 7.97. The van der Waals surface area contributed by atoms with Crippen LogP contribution in [0.5, 0.6) is 0 Å². The number of rotatable bonds is 4. The summed E-state index contributed by atoms with van der Waals surface area (Å²) in [5.74, 6) is 0. The molecule has 1 amide bonds. The van der Waals surface area contributed by atoms with Crippen LogP contribution in [-0.2, 0) is 4.74 Å². The maximum atomic E-state index is 11.3. The summed E-state index contributed by atoms with van der Waals surface area (Å²) in [4.78, 5) is 11.3. The largest absolute Gasteiger partial charge is 0.444 e. The molecule has 0 aromatic heterocycles. The zero-order valence-corrected chi connectivity index (χ0v) is 11.1. The number of ether oxygens (including phenoxy) is 1. The topological polar surface area (TPSA) is 38.3 Å². The Hall–Kier alpha value is -1.25. The summed E-state index contributed by atoms with van der Waals surface area (Å²) in [5, 5.41) is 2.77. The van der Waals surface area contributed by atoms with Crippen molar-refractivity contribution in [1.29, 1.82) is 0 Å². The summed E-state index contributed by atoms with van der Waals surface area (Å²) >= 11 is 0. The lowest BCUT2D eigenvalue weighted by Gasteiger charge is -2.19. The molecule has 1 aliphatic rings. The van der Waals surface area contributed by atoms with Crippen LogP contribution >= 0.6 is 0 Å². The Bertz CT molecular complexity index is 311. The molecule has 1 aliphatic carbocycles. The van der Waals surface area contributed by atoms with Gasteiger partial charge in [0, 0.05) is 6.54 Å². The maximum Gasteiger partial charge on any atom is 0.407 e. The third-order valence-electron chi connectivity index (χ3n) is 2.38. The second-order valence-electron chi connectivity index (χ2n) is 5.29. The zero-order chi connectivity index (χ0) is 12.7. The molecule has 0 radical (unpaired) electrons. The number of alkyl carbamates (subject to hydrolysis) is 1. The van der Waals surface area contributed by atoms with Gasteiger partial charge in [0.1, 0.15) is 5.60 Å². The molecule has 3 nitrogen and oxygen atoms in total. The van der Waals surface area contributed by atoms with E-state index in [2.05, 4.69) is 23.5 Å². The Morgan fingerprint density at radius 1 is 1.41 bits per heavy atom. The SMILES string of the molecule is CC(C)(C)OC(=O)NCCCC1=CCCC=C1. The van der Waals surface area contributed by atoms with Crippen LogP contribution in [0.1, 0.15) is 46.5 Å². The van der Waals surface area contributed by atoms with Crippen molar-refractivity contribution in [3.63, 3.8) is 0 Å². The highest BCUT2D eigenvalue weighted by Crippen LogP contribution is 2.14. The highest BCUT2D eigenvalue weighted by atomic mass is 16.6. The molecule has 0 unspecified atom stereocenters. The molecule has 0 fully saturated rings. The number of nitrogens with one attached hydrogen (secondary N) is 1. The number of hydrogen-bond acceptors (Lipinski definition) is 2. The van der Waals surface area contributed by atoms with Crippen molar-refractivity contribution < 1.29 is 9.53 Å². The Morgan fingerprint density at radius 3 is 2.76 bits per heavy atom. The van der Waals surface area contributed by atoms with E-state index in [1.54, 1.807) is 0 Å². The normalized spacial score (nSPS) is 15.4. The van der Waals surface area contributed by atoms with E-state index in [-0.39, 0.29) is 6.09 Å². The second-order valence-corrected chi connectivity index (χ2v) is 5.29. The first kappa shape index (κ1) is 13.8. The molecule has 0 atom stereocenters. The summed E-state index contributed by atoms with van der Waals surface area (Å²) in [6.07, 6.45) is 10.6. The predicted molar refractivity (Wildman–Crippen MR) is 69.9 cm³/mol. The monoisotopic (exact) mass is 237 g/mol. The van der Waals surface area contributed by atoms with Crippen molar-refractivity contribution in [2.75, 3.05) is 6.54 Å². The Labute approximate surface area is 104 Å². The third-order valence-corrected chi connectivity index (χ3v) is 2.38. The third kappa shape index (κ3) is 6.82. The zero-order valence-electron chi connectivity index (χ0n) is 11.1. The molecule has 0 saturated heterocycles. The Morgan fingerprint density at radius 2 is 2.18 bits per heavy atom. The van der Waals surface area contributed by atoms with Crippen LogP contribution in [0.3, 0.4) is 0 Å². The molecule has 96 valence electrons. The number of hydrogen-bond donors (Lipinski definition) is 1. The first-order valence-corrected chi connectivity index (χ1v) is 6.30. The van der Waals surface area contributed by atoms with E-state index >= 15 is 0 Å². The fourth-order valence-electron chi connectivity index (χ4n) is 1.65. The molecular weight excluding hydrogens is 214 g/mol. The summed E-state index contributed by atoms with van der Waals surface area (Å²) in [6.45, 7) is 6.26. The quantitative estimate of drug-likeness (QED) is 0.759. The van der Waals surface area contributed by atoms with Crippen molar-refractivity contribution in [2.45, 2.75) is 52.1 Å². The van der Waals surface area contributed by atoms with Crippen molar-refractivity contribution in [3.8, 4) is 0 Å². The second kappa shape index (κ2) is 6.48. The van der Waals surface area contributed by atoms with Crippen molar-refractivity contribution in [1.82, 2.24) is 5.32 Å². The standard InChI is InChI=1S/C14H23NO2/c1-14(2,3)17-13(16)15-11-7-10-12-8-5-4-6-9-12/h5,8-9H,4,6-7,10-11H2,1-3H3,(H,15,16). The van der Waals surface area contributed by atoms with E-state index in [1.165, 1.54) is 5.57 Å². The van der Waals surface area contributed by atoms with Gasteiger partial charge in [-0.15, -0.1) is 0 Å². The van der Waals surface area contributed by atoms with Crippen LogP contribution in [-0.4, -0.2) is 18.2 Å². The lowest BCUT2D eigenvalue weighted by atomic mass is 10.0. The van der Waals surface area contributed by atoms with Gasteiger partial charge in [-0.2, -0.15) is 0 Å². The summed E-state index contributed by atoms with van der Waals surface area (Å²) < 4.78 is 5.15. The van der Waals surface area contributed by atoms with Gasteiger partial charge in [0.05, 0.1) is 0 Å². The molecule has 0 spiro atoms. The van der Waals surface area contributed by atoms with Gasteiger partial charge >= 0.3 is 6.09 Å². The first-order valence-electron chi connectivity index (χ1n) is 6.30. The lowest BCUT2D eigenvalue weighted by Crippen LogP contribution is -2.33. The molecule has 17 heavy (non-hydrogen) atoms. The fraction of sp³-hybridized carbons (Fsp3) is 0.643. The molecule has 0 aromatic rings. The molecule has 0 aliphatic heterocycles. The predicted octanol–water partition coefficient (Wildman–Crippen LogP) is 3.57. The van der Waals surface area contributed by atoms with Crippen LogP contribution in [0, 0.1) is 0 Å². The van der Waals surface area contributed by atoms with Gasteiger partial charge in [0.15, 0.2) is 0 Å². The van der Waals surface area contributed by atoms with Gasteiger partial charge in [-0.05, 0) is 46.5 Å². The highest BCUT2D eigenvalue weighted by Gasteiger charge is 2.15. The molecular formula is C14H23NO2. The number of carbonyl (C=O) groups is 1. The number of amides is 1. The van der Waals surface area contributed by atoms with E-state index in [4.69, 9.17) is 4.74 Å². The molecule has 0 heterocycles. The van der Waals surface area contributed by atoms with E-state index in [0.717, 1.165) is 25.7 Å². The molecule has 0 bridgehead atoms. The van der Waals surface area contributed by atoms with Gasteiger partial charge in [-0.3, -0.25) is 0 Å². The number of carbonyl (C=O) groups excluding carboxylic acids is 1. The molecule has 0 aromatic carbocycles. The van der Waals surface area contributed by atoms with Gasteiger partial charge in [0.25, 0.3) is 0 Å². The minimum Gasteiger partial charge on any atom is -0.444 e. The van der Waals surface area contributed by atoms with Gasteiger partial charge < -0.3 is 10.1 Å². The van der Waals surface area contributed by atoms with E-state index in [1.807, 2.05) is 20.8 Å². The summed E-state index contributed by atoms with van der Waals surface area (Å²) in [5.41, 5.74) is 0.959. The molecule has 1 rings (SSSR count). The summed E-state index contributed by atoms with van der Waals surface area (Å²) in [6, 6.07) is 0. The van der Waals surface area contributed by atoms with Crippen LogP contribution in [0.25, 0.3) is 0 Å². The van der Waals surface area contributed by atoms with Crippen LogP contribution < -0.4 is 5.32 Å². The lowest BCUT2D eigenvalue weighted by molar-refractivity contribution is 0.0527. The average Bonchev–Trinajstić information content (AvgIpc) is 2.23. The van der Waals surface area contributed by atoms with E-state index < -0.39 is 5.60 Å². The Kier molecular flexibility index (Phi) is 5.26. The highest BCUT2D eigenvalue weighted by molar-refractivity contribution is 5.67.